The van der Waals surface area contributed by atoms with Crippen LogP contribution in [0.4, 0.5) is 0 Å². The van der Waals surface area contributed by atoms with Gasteiger partial charge in [0, 0.05) is 0 Å². The predicted octanol–water partition coefficient (Wildman–Crippen LogP) is 3.42. The molecule has 0 amide bonds. The summed E-state index contributed by atoms with van der Waals surface area (Å²) in [5, 5.41) is 0. The van der Waals surface area contributed by atoms with E-state index in [0.717, 1.165) is 19.3 Å². The van der Waals surface area contributed by atoms with Crippen LogP contribution in [0.3, 0.4) is 0 Å². The summed E-state index contributed by atoms with van der Waals surface area (Å²) in [4.78, 5) is 0. The molecule has 0 aliphatic rings. The zero-order valence-electron chi connectivity index (χ0n) is 11.5. The summed E-state index contributed by atoms with van der Waals surface area (Å²) >= 11 is -2.63. The van der Waals surface area contributed by atoms with E-state index in [1.54, 1.807) is 0 Å². The van der Waals surface area contributed by atoms with Gasteiger partial charge in [0.05, 0.1) is 0 Å². The molecule has 98 valence electrons. The Morgan fingerprint density at radius 3 is 1.12 bits per heavy atom. The topological polar surface area (TPSA) is 27.7 Å². The maximum absolute atomic E-state index is 5.90. The minimum atomic E-state index is -2.63. The fourth-order valence-corrected chi connectivity index (χ4v) is 6.48. The zero-order chi connectivity index (χ0) is 12.6. The molecule has 0 saturated carbocycles. The molecule has 0 aromatic rings. The molecule has 0 rings (SSSR count). The maximum atomic E-state index is 5.90. The summed E-state index contributed by atoms with van der Waals surface area (Å²) in [7, 11) is 0. The third kappa shape index (κ3) is 7.94. The Hall–Kier alpha value is 0.763. The van der Waals surface area contributed by atoms with Crippen LogP contribution in [0.15, 0.2) is 0 Å². The number of hydrogen-bond acceptors (Lipinski definition) is 3. The van der Waals surface area contributed by atoms with Crippen molar-refractivity contribution in [3.05, 3.63) is 0 Å². The Morgan fingerprint density at radius 2 is 0.938 bits per heavy atom. The molecule has 3 unspecified atom stereocenters. The molecule has 0 aromatic carbocycles. The van der Waals surface area contributed by atoms with Gasteiger partial charge < -0.3 is 0 Å². The average Bonchev–Trinajstić information content (AvgIpc) is 2.28. The van der Waals surface area contributed by atoms with Gasteiger partial charge in [-0.15, -0.1) is 0 Å². The quantitative estimate of drug-likeness (QED) is 0.527. The van der Waals surface area contributed by atoms with Crippen molar-refractivity contribution in [3.63, 3.8) is 0 Å². The van der Waals surface area contributed by atoms with E-state index < -0.39 is 23.1 Å². The van der Waals surface area contributed by atoms with Crippen molar-refractivity contribution >= 4 is 23.1 Å². The minimum absolute atomic E-state index is 0.255. The van der Waals surface area contributed by atoms with Crippen molar-refractivity contribution in [1.82, 2.24) is 0 Å². The molecule has 0 heterocycles. The molecule has 0 radical (unpaired) electrons. The van der Waals surface area contributed by atoms with Crippen LogP contribution in [0.1, 0.15) is 60.8 Å². The predicted molar refractivity (Wildman–Crippen MR) is 68.3 cm³/mol. The molecule has 4 heteroatoms. The Labute approximate surface area is 110 Å². The van der Waals surface area contributed by atoms with E-state index in [1.165, 1.54) is 0 Å². The second-order valence-corrected chi connectivity index (χ2v) is 8.39. The summed E-state index contributed by atoms with van der Waals surface area (Å²) in [5.74, 6) is 0. The van der Waals surface area contributed by atoms with E-state index in [1.807, 2.05) is 0 Å². The van der Waals surface area contributed by atoms with Gasteiger partial charge >= 0.3 is 111 Å². The second kappa shape index (κ2) is 9.76. The first kappa shape index (κ1) is 16.8. The van der Waals surface area contributed by atoms with Gasteiger partial charge in [0.2, 0.25) is 0 Å². The van der Waals surface area contributed by atoms with Crippen molar-refractivity contribution in [3.8, 4) is 0 Å². The zero-order valence-corrected chi connectivity index (χ0v) is 15.0. The molecule has 0 aliphatic heterocycles. The van der Waals surface area contributed by atoms with E-state index in [2.05, 4.69) is 41.5 Å². The first-order valence-electron chi connectivity index (χ1n) is 6.33. The van der Waals surface area contributed by atoms with Gasteiger partial charge in [0.15, 0.2) is 0 Å². The normalized spacial score (nSPS) is 17.4. The molecule has 0 spiro atoms. The summed E-state index contributed by atoms with van der Waals surface area (Å²) in [6, 6.07) is 0. The van der Waals surface area contributed by atoms with Crippen LogP contribution in [0, 0.1) is 0 Å². The molecule has 0 aliphatic carbocycles. The van der Waals surface area contributed by atoms with Gasteiger partial charge in [-0.3, -0.25) is 0 Å². The Morgan fingerprint density at radius 1 is 0.688 bits per heavy atom. The standard InChI is InChI=1S/3C4H9O.Bi/c3*1-3-4(2)5;/h3*4H,3H2,1-2H3;/q3*-1;+3. The van der Waals surface area contributed by atoms with E-state index in [4.69, 9.17) is 8.44 Å². The van der Waals surface area contributed by atoms with Crippen LogP contribution in [0.25, 0.3) is 0 Å². The molecule has 0 saturated heterocycles. The molecule has 3 nitrogen and oxygen atoms in total. The number of hydrogen-bond donors (Lipinski definition) is 0. The van der Waals surface area contributed by atoms with Gasteiger partial charge in [-0.25, -0.2) is 0 Å². The molecular weight excluding hydrogens is 401 g/mol. The molecule has 0 bridgehead atoms. The van der Waals surface area contributed by atoms with E-state index in [0.29, 0.717) is 0 Å². The first-order chi connectivity index (χ1) is 7.53. The summed E-state index contributed by atoms with van der Waals surface area (Å²) in [6.07, 6.45) is 3.81. The van der Waals surface area contributed by atoms with Crippen LogP contribution < -0.4 is 0 Å². The van der Waals surface area contributed by atoms with Gasteiger partial charge in [-0.05, 0) is 0 Å². The van der Waals surface area contributed by atoms with E-state index >= 15 is 0 Å². The van der Waals surface area contributed by atoms with Crippen LogP contribution in [-0.2, 0) is 8.44 Å². The molecular formula is C12H27BiO3. The molecule has 3 atom stereocenters. The third-order valence-electron chi connectivity index (χ3n) is 2.52. The van der Waals surface area contributed by atoms with E-state index in [9.17, 15) is 0 Å². The fourth-order valence-electron chi connectivity index (χ4n) is 0.739. The van der Waals surface area contributed by atoms with Crippen molar-refractivity contribution < 1.29 is 8.44 Å². The Kier molecular flexibility index (Phi) is 10.2. The van der Waals surface area contributed by atoms with Crippen molar-refractivity contribution in [2.75, 3.05) is 0 Å². The second-order valence-electron chi connectivity index (χ2n) is 4.20. The Bertz CT molecular complexity index is 138. The fraction of sp³-hybridized carbons (Fsp3) is 1.00. The van der Waals surface area contributed by atoms with Crippen molar-refractivity contribution in [1.29, 1.82) is 0 Å². The average molecular weight is 428 g/mol. The molecule has 0 aromatic heterocycles. The van der Waals surface area contributed by atoms with Gasteiger partial charge in [-0.2, -0.15) is 0 Å². The first-order valence-corrected chi connectivity index (χ1v) is 10.6. The summed E-state index contributed by atoms with van der Waals surface area (Å²) < 4.78 is 17.7. The van der Waals surface area contributed by atoms with Crippen LogP contribution in [-0.4, -0.2) is 41.4 Å². The van der Waals surface area contributed by atoms with Gasteiger partial charge in [-0.1, -0.05) is 0 Å². The summed E-state index contributed by atoms with van der Waals surface area (Å²) in [6.45, 7) is 12.6. The van der Waals surface area contributed by atoms with Crippen LogP contribution in [0.2, 0.25) is 0 Å². The van der Waals surface area contributed by atoms with Gasteiger partial charge in [0.1, 0.15) is 0 Å². The van der Waals surface area contributed by atoms with Crippen molar-refractivity contribution in [2.45, 2.75) is 79.1 Å². The van der Waals surface area contributed by atoms with Crippen LogP contribution in [0.5, 0.6) is 0 Å². The number of rotatable bonds is 9. The Balaban J connectivity index is 4.15. The molecule has 0 fully saturated rings. The SMILES string of the molecule is CCC(C)[O][Bi]([O]C(C)CC)[O]C(C)CC. The van der Waals surface area contributed by atoms with Gasteiger partial charge in [0.25, 0.3) is 0 Å². The monoisotopic (exact) mass is 428 g/mol. The molecule has 16 heavy (non-hydrogen) atoms. The molecule has 0 N–H and O–H groups in total. The summed E-state index contributed by atoms with van der Waals surface area (Å²) in [5.41, 5.74) is 0. The van der Waals surface area contributed by atoms with Crippen LogP contribution >= 0.6 is 0 Å². The third-order valence-corrected chi connectivity index (χ3v) is 8.73. The van der Waals surface area contributed by atoms with E-state index in [-0.39, 0.29) is 18.3 Å². The van der Waals surface area contributed by atoms with Crippen molar-refractivity contribution in [2.24, 2.45) is 0 Å².